The van der Waals surface area contributed by atoms with Gasteiger partial charge < -0.3 is 0 Å². The van der Waals surface area contributed by atoms with Crippen molar-refractivity contribution < 1.29 is 4.92 Å². The highest BCUT2D eigenvalue weighted by atomic mass is 35.5. The summed E-state index contributed by atoms with van der Waals surface area (Å²) in [6.45, 7) is 0.148. The molecule has 7 nitrogen and oxygen atoms in total. The Hall–Kier alpha value is -2.11. The molecular weight excluding hydrogens is 234 g/mol. The Labute approximate surface area is 95.1 Å². The SMILES string of the molecule is [N-]=[N+]=NCC=Cc1cncc([N+](=O)[O-])c1Cl. The number of hydrogen-bond donors (Lipinski definition) is 0. The van der Waals surface area contributed by atoms with E-state index in [2.05, 4.69) is 15.0 Å². The van der Waals surface area contributed by atoms with Gasteiger partial charge in [0.25, 0.3) is 0 Å². The third-order valence-electron chi connectivity index (χ3n) is 1.63. The summed E-state index contributed by atoms with van der Waals surface area (Å²) >= 11 is 5.78. The minimum absolute atomic E-state index is 0.0113. The normalized spacial score (nSPS) is 10.1. The number of aromatic nitrogens is 1. The van der Waals surface area contributed by atoms with E-state index in [1.54, 1.807) is 0 Å². The molecule has 82 valence electrons. The number of rotatable bonds is 4. The quantitative estimate of drug-likeness (QED) is 0.265. The van der Waals surface area contributed by atoms with E-state index in [4.69, 9.17) is 17.1 Å². The zero-order valence-electron chi connectivity index (χ0n) is 7.95. The molecule has 0 fully saturated rings. The van der Waals surface area contributed by atoms with Crippen LogP contribution in [-0.2, 0) is 0 Å². The van der Waals surface area contributed by atoms with E-state index in [9.17, 15) is 10.1 Å². The van der Waals surface area contributed by atoms with Crippen LogP contribution in [0.1, 0.15) is 5.56 Å². The van der Waals surface area contributed by atoms with Gasteiger partial charge in [-0.2, -0.15) is 0 Å². The van der Waals surface area contributed by atoms with E-state index in [-0.39, 0.29) is 17.3 Å². The number of nitrogens with zero attached hydrogens (tertiary/aromatic N) is 5. The van der Waals surface area contributed by atoms with Crippen molar-refractivity contribution in [1.82, 2.24) is 4.98 Å². The molecule has 0 spiro atoms. The molecule has 0 aromatic carbocycles. The van der Waals surface area contributed by atoms with Gasteiger partial charge in [0.15, 0.2) is 0 Å². The molecule has 0 aliphatic carbocycles. The van der Waals surface area contributed by atoms with Crippen molar-refractivity contribution in [3.8, 4) is 0 Å². The molecule has 0 amide bonds. The van der Waals surface area contributed by atoms with Gasteiger partial charge in [-0.15, -0.1) is 0 Å². The summed E-state index contributed by atoms with van der Waals surface area (Å²) in [6, 6.07) is 0. The van der Waals surface area contributed by atoms with Gasteiger partial charge in [-0.25, -0.2) is 0 Å². The molecule has 1 aromatic heterocycles. The molecular formula is C8H6ClN5O2. The maximum Gasteiger partial charge on any atom is 0.306 e. The Morgan fingerprint density at radius 2 is 2.44 bits per heavy atom. The predicted molar refractivity (Wildman–Crippen MR) is 58.9 cm³/mol. The highest BCUT2D eigenvalue weighted by Gasteiger charge is 2.14. The van der Waals surface area contributed by atoms with Crippen LogP contribution in [0.4, 0.5) is 5.69 Å². The lowest BCUT2D eigenvalue weighted by atomic mass is 10.2. The van der Waals surface area contributed by atoms with Crippen LogP contribution < -0.4 is 0 Å². The maximum atomic E-state index is 10.5. The van der Waals surface area contributed by atoms with Crippen molar-refractivity contribution in [2.75, 3.05) is 6.54 Å². The van der Waals surface area contributed by atoms with E-state index in [0.29, 0.717) is 5.56 Å². The number of azide groups is 1. The molecule has 1 rings (SSSR count). The molecule has 0 aliphatic rings. The van der Waals surface area contributed by atoms with Crippen molar-refractivity contribution in [3.05, 3.63) is 49.6 Å². The van der Waals surface area contributed by atoms with Crippen LogP contribution >= 0.6 is 11.6 Å². The Bertz CT molecular complexity index is 481. The van der Waals surface area contributed by atoms with Crippen molar-refractivity contribution in [2.45, 2.75) is 0 Å². The third-order valence-corrected chi connectivity index (χ3v) is 2.05. The largest absolute Gasteiger partial charge is 0.306 e. The average Bonchev–Trinajstić information content (AvgIpc) is 2.26. The first kappa shape index (κ1) is 12.0. The average molecular weight is 240 g/mol. The zero-order valence-corrected chi connectivity index (χ0v) is 8.70. The third kappa shape index (κ3) is 2.94. The Balaban J connectivity index is 2.97. The highest BCUT2D eigenvalue weighted by molar-refractivity contribution is 6.34. The van der Waals surface area contributed by atoms with Crippen LogP contribution in [0.25, 0.3) is 16.5 Å². The molecule has 0 unspecified atom stereocenters. The molecule has 0 saturated carbocycles. The van der Waals surface area contributed by atoms with E-state index in [1.165, 1.54) is 18.3 Å². The van der Waals surface area contributed by atoms with Gasteiger partial charge in [0.1, 0.15) is 11.2 Å². The van der Waals surface area contributed by atoms with Gasteiger partial charge in [0.05, 0.1) is 4.92 Å². The lowest BCUT2D eigenvalue weighted by molar-refractivity contribution is -0.385. The molecule has 0 radical (unpaired) electrons. The van der Waals surface area contributed by atoms with Crippen LogP contribution in [0.3, 0.4) is 0 Å². The van der Waals surface area contributed by atoms with Crippen molar-refractivity contribution >= 4 is 23.4 Å². The predicted octanol–water partition coefficient (Wildman–Crippen LogP) is 2.97. The van der Waals surface area contributed by atoms with Gasteiger partial charge in [-0.1, -0.05) is 28.9 Å². The second kappa shape index (κ2) is 5.69. The van der Waals surface area contributed by atoms with Crippen LogP contribution in [-0.4, -0.2) is 16.5 Å². The number of halogens is 1. The van der Waals surface area contributed by atoms with Crippen molar-refractivity contribution in [1.29, 1.82) is 0 Å². The van der Waals surface area contributed by atoms with Crippen LogP contribution in [0.2, 0.25) is 5.02 Å². The van der Waals surface area contributed by atoms with Gasteiger partial charge in [-0.05, 0) is 5.53 Å². The first-order valence-electron chi connectivity index (χ1n) is 4.12. The van der Waals surface area contributed by atoms with Crippen LogP contribution in [0, 0.1) is 10.1 Å². The molecule has 0 aliphatic heterocycles. The fourth-order valence-corrected chi connectivity index (χ4v) is 1.19. The Morgan fingerprint density at radius 1 is 1.69 bits per heavy atom. The summed E-state index contributed by atoms with van der Waals surface area (Å²) in [5, 5.41) is 13.8. The van der Waals surface area contributed by atoms with Crippen LogP contribution in [0.15, 0.2) is 23.6 Å². The lowest BCUT2D eigenvalue weighted by Crippen LogP contribution is -1.92. The minimum atomic E-state index is -0.611. The summed E-state index contributed by atoms with van der Waals surface area (Å²) in [5.41, 5.74) is 8.18. The first-order chi connectivity index (χ1) is 7.66. The van der Waals surface area contributed by atoms with Crippen molar-refractivity contribution in [2.24, 2.45) is 5.11 Å². The molecule has 1 aromatic rings. The van der Waals surface area contributed by atoms with Gasteiger partial charge in [-0.3, -0.25) is 15.1 Å². The van der Waals surface area contributed by atoms with E-state index in [1.807, 2.05) is 0 Å². The highest BCUT2D eigenvalue weighted by Crippen LogP contribution is 2.27. The summed E-state index contributed by atoms with van der Waals surface area (Å²) in [7, 11) is 0. The Kier molecular flexibility index (Phi) is 4.26. The Morgan fingerprint density at radius 3 is 3.06 bits per heavy atom. The van der Waals surface area contributed by atoms with E-state index < -0.39 is 4.92 Å². The molecule has 0 bridgehead atoms. The number of pyridine rings is 1. The fraction of sp³-hybridized carbons (Fsp3) is 0.125. The second-order valence-corrected chi connectivity index (χ2v) is 3.01. The molecule has 0 atom stereocenters. The minimum Gasteiger partial charge on any atom is -0.258 e. The summed E-state index contributed by atoms with van der Waals surface area (Å²) < 4.78 is 0. The summed E-state index contributed by atoms with van der Waals surface area (Å²) in [6.07, 6.45) is 5.51. The maximum absolute atomic E-state index is 10.5. The number of hydrogen-bond acceptors (Lipinski definition) is 4. The molecule has 16 heavy (non-hydrogen) atoms. The van der Waals surface area contributed by atoms with Crippen molar-refractivity contribution in [3.63, 3.8) is 0 Å². The number of nitro groups is 1. The summed E-state index contributed by atoms with van der Waals surface area (Å²) in [4.78, 5) is 16.2. The molecule has 0 N–H and O–H groups in total. The molecule has 8 heteroatoms. The topological polar surface area (TPSA) is 105 Å². The smallest absolute Gasteiger partial charge is 0.258 e. The van der Waals surface area contributed by atoms with Gasteiger partial charge in [0, 0.05) is 23.2 Å². The monoisotopic (exact) mass is 239 g/mol. The zero-order chi connectivity index (χ0) is 12.0. The second-order valence-electron chi connectivity index (χ2n) is 2.63. The van der Waals surface area contributed by atoms with E-state index >= 15 is 0 Å². The lowest BCUT2D eigenvalue weighted by Gasteiger charge is -1.97. The van der Waals surface area contributed by atoms with Crippen LogP contribution in [0.5, 0.6) is 0 Å². The molecule has 0 saturated heterocycles. The standard InChI is InChI=1S/C8H6ClN5O2/c9-8-6(2-1-3-12-13-10)4-11-5-7(8)14(15)16/h1-2,4-5H,3H2. The summed E-state index contributed by atoms with van der Waals surface area (Å²) in [5.74, 6) is 0. The van der Waals surface area contributed by atoms with Gasteiger partial charge in [0.2, 0.25) is 0 Å². The van der Waals surface area contributed by atoms with E-state index in [0.717, 1.165) is 6.20 Å². The molecule has 1 heterocycles. The fourth-order valence-electron chi connectivity index (χ4n) is 0.956. The first-order valence-corrected chi connectivity index (χ1v) is 4.50. The van der Waals surface area contributed by atoms with Gasteiger partial charge >= 0.3 is 5.69 Å².